The molecular formula is C12H20F3NO2. The van der Waals surface area contributed by atoms with Crippen molar-refractivity contribution in [3.63, 3.8) is 0 Å². The lowest BCUT2D eigenvalue weighted by molar-refractivity contribution is -0.169. The average Bonchev–Trinajstić information content (AvgIpc) is 2.25. The molecule has 18 heavy (non-hydrogen) atoms. The summed E-state index contributed by atoms with van der Waals surface area (Å²) in [5.74, 6) is -0.345. The van der Waals surface area contributed by atoms with E-state index in [1.54, 1.807) is 0 Å². The van der Waals surface area contributed by atoms with E-state index >= 15 is 0 Å². The Hall–Kier alpha value is -0.780. The summed E-state index contributed by atoms with van der Waals surface area (Å²) in [6.45, 7) is 3.35. The Morgan fingerprint density at radius 3 is 2.33 bits per heavy atom. The topological polar surface area (TPSA) is 29.5 Å². The van der Waals surface area contributed by atoms with Crippen LogP contribution in [0.3, 0.4) is 0 Å². The highest BCUT2D eigenvalue weighted by Gasteiger charge is 2.36. The van der Waals surface area contributed by atoms with Crippen molar-refractivity contribution in [3.8, 4) is 0 Å². The molecule has 1 saturated heterocycles. The molecule has 0 aromatic heterocycles. The molecule has 6 heteroatoms. The van der Waals surface area contributed by atoms with E-state index in [-0.39, 0.29) is 18.4 Å². The highest BCUT2D eigenvalue weighted by Crippen LogP contribution is 2.23. The van der Waals surface area contributed by atoms with E-state index in [2.05, 4.69) is 0 Å². The van der Waals surface area contributed by atoms with Crippen molar-refractivity contribution >= 4 is 5.91 Å². The van der Waals surface area contributed by atoms with Crippen LogP contribution in [0.1, 0.15) is 33.1 Å². The Bertz CT molecular complexity index is 273. The van der Waals surface area contributed by atoms with Gasteiger partial charge in [-0.2, -0.15) is 13.2 Å². The van der Waals surface area contributed by atoms with Crippen molar-refractivity contribution in [1.82, 2.24) is 4.90 Å². The molecule has 0 saturated carbocycles. The van der Waals surface area contributed by atoms with Crippen molar-refractivity contribution < 1.29 is 22.7 Å². The smallest absolute Gasteiger partial charge is 0.381 e. The summed E-state index contributed by atoms with van der Waals surface area (Å²) in [6, 6.07) is -0.341. The number of alkyl halides is 3. The van der Waals surface area contributed by atoms with Gasteiger partial charge in [-0.25, -0.2) is 0 Å². The van der Waals surface area contributed by atoms with Crippen LogP contribution < -0.4 is 0 Å². The molecule has 1 rings (SSSR count). The maximum absolute atomic E-state index is 12.5. The van der Waals surface area contributed by atoms with Crippen molar-refractivity contribution in [2.45, 2.75) is 45.3 Å². The predicted octanol–water partition coefficient (Wildman–Crippen LogP) is 2.60. The van der Waals surface area contributed by atoms with Gasteiger partial charge in [0.25, 0.3) is 0 Å². The van der Waals surface area contributed by atoms with Gasteiger partial charge in [-0.15, -0.1) is 0 Å². The summed E-state index contributed by atoms with van der Waals surface area (Å²) in [7, 11) is 0. The van der Waals surface area contributed by atoms with Gasteiger partial charge in [-0.3, -0.25) is 4.79 Å². The molecule has 1 aliphatic heterocycles. The molecule has 0 N–H and O–H groups in total. The van der Waals surface area contributed by atoms with Gasteiger partial charge in [0, 0.05) is 25.7 Å². The zero-order valence-corrected chi connectivity index (χ0v) is 10.8. The Morgan fingerprint density at radius 1 is 1.33 bits per heavy atom. The minimum atomic E-state index is -4.34. The molecule has 0 aliphatic carbocycles. The molecule has 0 bridgehead atoms. The summed E-state index contributed by atoms with van der Waals surface area (Å²) >= 11 is 0. The van der Waals surface area contributed by atoms with Gasteiger partial charge in [0.1, 0.15) is 6.54 Å². The summed E-state index contributed by atoms with van der Waals surface area (Å²) in [6.07, 6.45) is -3.21. The van der Waals surface area contributed by atoms with Crippen LogP contribution in [0, 0.1) is 5.92 Å². The van der Waals surface area contributed by atoms with Crippen molar-refractivity contribution in [1.29, 1.82) is 0 Å². The van der Waals surface area contributed by atoms with Crippen LogP contribution in [0.4, 0.5) is 13.2 Å². The molecule has 1 fully saturated rings. The maximum atomic E-state index is 12.5. The van der Waals surface area contributed by atoms with Gasteiger partial charge < -0.3 is 9.64 Å². The second-order valence-corrected chi connectivity index (χ2v) is 5.08. The zero-order valence-electron chi connectivity index (χ0n) is 10.8. The second-order valence-electron chi connectivity index (χ2n) is 5.08. The van der Waals surface area contributed by atoms with Gasteiger partial charge in [-0.1, -0.05) is 13.8 Å². The Labute approximate surface area is 105 Å². The highest BCUT2D eigenvalue weighted by molar-refractivity contribution is 5.76. The molecule has 0 aromatic carbocycles. The van der Waals surface area contributed by atoms with Crippen LogP contribution in [0.5, 0.6) is 0 Å². The largest absolute Gasteiger partial charge is 0.406 e. The lowest BCUT2D eigenvalue weighted by atomic mass is 10.0. The first-order chi connectivity index (χ1) is 8.29. The highest BCUT2D eigenvalue weighted by atomic mass is 19.4. The quantitative estimate of drug-likeness (QED) is 0.783. The zero-order chi connectivity index (χ0) is 13.8. The fraction of sp³-hybridized carbons (Fsp3) is 0.917. The Balaban J connectivity index is 2.70. The van der Waals surface area contributed by atoms with Crippen LogP contribution >= 0.6 is 0 Å². The van der Waals surface area contributed by atoms with Gasteiger partial charge in [-0.05, 0) is 18.8 Å². The fourth-order valence-electron chi connectivity index (χ4n) is 2.08. The van der Waals surface area contributed by atoms with E-state index in [1.165, 1.54) is 0 Å². The molecule has 0 radical (unpaired) electrons. The number of carbonyl (C=O) groups excluding carboxylic acids is 1. The van der Waals surface area contributed by atoms with Crippen LogP contribution in [0.2, 0.25) is 0 Å². The van der Waals surface area contributed by atoms with E-state index in [9.17, 15) is 18.0 Å². The fourth-order valence-corrected chi connectivity index (χ4v) is 2.08. The number of carbonyl (C=O) groups is 1. The molecule has 0 unspecified atom stereocenters. The first-order valence-corrected chi connectivity index (χ1v) is 6.23. The summed E-state index contributed by atoms with van der Waals surface area (Å²) in [4.78, 5) is 12.9. The van der Waals surface area contributed by atoms with Gasteiger partial charge >= 0.3 is 6.18 Å². The molecule has 0 aromatic rings. The van der Waals surface area contributed by atoms with E-state index < -0.39 is 18.6 Å². The van der Waals surface area contributed by atoms with E-state index in [0.717, 1.165) is 4.90 Å². The van der Waals surface area contributed by atoms with Crippen LogP contribution in [-0.2, 0) is 9.53 Å². The summed E-state index contributed by atoms with van der Waals surface area (Å²) < 4.78 is 42.7. The number of ether oxygens (including phenoxy) is 1. The second kappa shape index (κ2) is 6.41. The SMILES string of the molecule is CC(C)CC(=O)N(CC(F)(F)F)C1CCOCC1. The number of halogens is 3. The lowest BCUT2D eigenvalue weighted by Gasteiger charge is -2.35. The normalized spacial score (nSPS) is 18.1. The van der Waals surface area contributed by atoms with E-state index in [0.29, 0.717) is 26.1 Å². The number of rotatable bonds is 4. The minimum absolute atomic E-state index is 0.0630. The third-order valence-corrected chi connectivity index (χ3v) is 2.88. The predicted molar refractivity (Wildman–Crippen MR) is 61.1 cm³/mol. The van der Waals surface area contributed by atoms with Crippen molar-refractivity contribution in [3.05, 3.63) is 0 Å². The first kappa shape index (κ1) is 15.3. The average molecular weight is 267 g/mol. The van der Waals surface area contributed by atoms with Crippen molar-refractivity contribution in [2.75, 3.05) is 19.8 Å². The Kier molecular flexibility index (Phi) is 5.44. The molecule has 0 spiro atoms. The van der Waals surface area contributed by atoms with E-state index in [4.69, 9.17) is 4.74 Å². The van der Waals surface area contributed by atoms with Crippen LogP contribution in [0.15, 0.2) is 0 Å². The number of nitrogens with zero attached hydrogens (tertiary/aromatic N) is 1. The van der Waals surface area contributed by atoms with Gasteiger partial charge in [0.05, 0.1) is 0 Å². The monoisotopic (exact) mass is 267 g/mol. The minimum Gasteiger partial charge on any atom is -0.381 e. The molecule has 0 atom stereocenters. The molecule has 3 nitrogen and oxygen atoms in total. The van der Waals surface area contributed by atoms with Crippen LogP contribution in [0.25, 0.3) is 0 Å². The number of hydrogen-bond acceptors (Lipinski definition) is 2. The standard InChI is InChI=1S/C12H20F3NO2/c1-9(2)7-11(17)16(8-12(13,14)15)10-3-5-18-6-4-10/h9-10H,3-8H2,1-2H3. The first-order valence-electron chi connectivity index (χ1n) is 6.23. The molecule has 1 aliphatic rings. The maximum Gasteiger partial charge on any atom is 0.406 e. The van der Waals surface area contributed by atoms with Gasteiger partial charge in [0.2, 0.25) is 5.91 Å². The molecular weight excluding hydrogens is 247 g/mol. The number of hydrogen-bond donors (Lipinski definition) is 0. The summed E-state index contributed by atoms with van der Waals surface area (Å²) in [5, 5.41) is 0. The Morgan fingerprint density at radius 2 is 1.89 bits per heavy atom. The van der Waals surface area contributed by atoms with Crippen LogP contribution in [-0.4, -0.2) is 42.8 Å². The van der Waals surface area contributed by atoms with Crippen molar-refractivity contribution in [2.24, 2.45) is 5.92 Å². The van der Waals surface area contributed by atoms with E-state index in [1.807, 2.05) is 13.8 Å². The third-order valence-electron chi connectivity index (χ3n) is 2.88. The molecule has 1 amide bonds. The lowest BCUT2D eigenvalue weighted by Crippen LogP contribution is -2.48. The summed E-state index contributed by atoms with van der Waals surface area (Å²) in [5.41, 5.74) is 0. The molecule has 1 heterocycles. The third kappa shape index (κ3) is 5.25. The van der Waals surface area contributed by atoms with Gasteiger partial charge in [0.15, 0.2) is 0 Å². The number of amides is 1. The molecule has 106 valence electrons.